The van der Waals surface area contributed by atoms with Crippen molar-refractivity contribution >= 4 is 17.3 Å². The van der Waals surface area contributed by atoms with E-state index in [0.29, 0.717) is 13.1 Å². The van der Waals surface area contributed by atoms with Crippen LogP contribution < -0.4 is 15.0 Å². The summed E-state index contributed by atoms with van der Waals surface area (Å²) in [5.74, 6) is 0.804. The molecule has 24 heavy (non-hydrogen) atoms. The number of carbonyl (C=O) groups excluding carboxylic acids is 1. The Hall–Kier alpha value is -2.50. The lowest BCUT2D eigenvalue weighted by Gasteiger charge is -2.35. The molecule has 0 radical (unpaired) electrons. The first-order valence-corrected chi connectivity index (χ1v) is 8.30. The standard InChI is InChI=1S/C18H24N4O2/c1-5-14-10-22(15-8-6-7-9-16(15)24-14)11-17(23)19-18-12(2)20-21(4)13(18)3/h6-9,14H,5,10-11H2,1-4H3,(H,19,23). The van der Waals surface area contributed by atoms with Crippen molar-refractivity contribution in [1.29, 1.82) is 0 Å². The number of fused-ring (bicyclic) bond motifs is 1. The largest absolute Gasteiger partial charge is 0.486 e. The Balaban J connectivity index is 1.76. The van der Waals surface area contributed by atoms with Crippen molar-refractivity contribution in [2.24, 2.45) is 7.05 Å². The van der Waals surface area contributed by atoms with Gasteiger partial charge in [0.1, 0.15) is 11.9 Å². The van der Waals surface area contributed by atoms with Crippen LogP contribution in [0.3, 0.4) is 0 Å². The Kier molecular flexibility index (Phi) is 4.46. The van der Waals surface area contributed by atoms with Crippen molar-refractivity contribution in [3.05, 3.63) is 35.7 Å². The molecule has 1 aliphatic rings. The third-order valence-electron chi connectivity index (χ3n) is 4.49. The van der Waals surface area contributed by atoms with Crippen LogP contribution in [0.25, 0.3) is 0 Å². The van der Waals surface area contributed by atoms with Crippen molar-refractivity contribution in [3.8, 4) is 5.75 Å². The number of hydrogen-bond donors (Lipinski definition) is 1. The Morgan fingerprint density at radius 2 is 2.12 bits per heavy atom. The van der Waals surface area contributed by atoms with Crippen LogP contribution in [0, 0.1) is 13.8 Å². The molecule has 128 valence electrons. The summed E-state index contributed by atoms with van der Waals surface area (Å²) in [6, 6.07) is 7.87. The Morgan fingerprint density at radius 3 is 2.79 bits per heavy atom. The first-order chi connectivity index (χ1) is 11.5. The van der Waals surface area contributed by atoms with Crippen LogP contribution in [-0.2, 0) is 11.8 Å². The van der Waals surface area contributed by atoms with E-state index in [4.69, 9.17) is 4.74 Å². The lowest BCUT2D eigenvalue weighted by Crippen LogP contribution is -2.43. The summed E-state index contributed by atoms with van der Waals surface area (Å²) >= 11 is 0. The van der Waals surface area contributed by atoms with Gasteiger partial charge in [0, 0.05) is 7.05 Å². The number of amides is 1. The van der Waals surface area contributed by atoms with Crippen LogP contribution in [-0.4, -0.2) is 34.9 Å². The van der Waals surface area contributed by atoms with Gasteiger partial charge in [-0.15, -0.1) is 0 Å². The van der Waals surface area contributed by atoms with Crippen LogP contribution in [0.4, 0.5) is 11.4 Å². The quantitative estimate of drug-likeness (QED) is 0.937. The average molecular weight is 328 g/mol. The van der Waals surface area contributed by atoms with Gasteiger partial charge in [0.15, 0.2) is 0 Å². The minimum Gasteiger partial charge on any atom is -0.486 e. The first kappa shape index (κ1) is 16.4. The summed E-state index contributed by atoms with van der Waals surface area (Å²) in [4.78, 5) is 14.7. The zero-order valence-electron chi connectivity index (χ0n) is 14.7. The summed E-state index contributed by atoms with van der Waals surface area (Å²) in [5.41, 5.74) is 3.56. The fraction of sp³-hybridized carbons (Fsp3) is 0.444. The molecule has 1 aromatic heterocycles. The minimum absolute atomic E-state index is 0.0410. The lowest BCUT2D eigenvalue weighted by atomic mass is 10.1. The molecule has 1 amide bonds. The third kappa shape index (κ3) is 3.09. The fourth-order valence-corrected chi connectivity index (χ4v) is 3.05. The molecule has 6 heteroatoms. The zero-order valence-corrected chi connectivity index (χ0v) is 14.7. The summed E-state index contributed by atoms with van der Waals surface area (Å²) in [5, 5.41) is 7.35. The second kappa shape index (κ2) is 6.55. The van der Waals surface area contributed by atoms with Gasteiger partial charge in [-0.05, 0) is 32.4 Å². The molecule has 0 saturated heterocycles. The van der Waals surface area contributed by atoms with E-state index in [2.05, 4.69) is 22.2 Å². The van der Waals surface area contributed by atoms with Gasteiger partial charge in [0.05, 0.1) is 35.9 Å². The number of para-hydroxylation sites is 2. The maximum atomic E-state index is 12.6. The predicted octanol–water partition coefficient (Wildman–Crippen LogP) is 2.65. The monoisotopic (exact) mass is 328 g/mol. The number of aromatic nitrogens is 2. The number of ether oxygens (including phenoxy) is 1. The van der Waals surface area contributed by atoms with E-state index in [9.17, 15) is 4.79 Å². The number of nitrogens with zero attached hydrogens (tertiary/aromatic N) is 3. The number of benzene rings is 1. The Bertz CT molecular complexity index is 753. The molecular formula is C18H24N4O2. The highest BCUT2D eigenvalue weighted by Gasteiger charge is 2.26. The van der Waals surface area contributed by atoms with Gasteiger partial charge in [-0.25, -0.2) is 0 Å². The van der Waals surface area contributed by atoms with E-state index in [1.54, 1.807) is 4.68 Å². The van der Waals surface area contributed by atoms with Crippen molar-refractivity contribution in [2.75, 3.05) is 23.3 Å². The Morgan fingerprint density at radius 1 is 1.38 bits per heavy atom. The highest BCUT2D eigenvalue weighted by molar-refractivity contribution is 5.95. The molecule has 0 aliphatic carbocycles. The lowest BCUT2D eigenvalue weighted by molar-refractivity contribution is -0.115. The molecule has 0 fully saturated rings. The van der Waals surface area contributed by atoms with Gasteiger partial charge in [-0.2, -0.15) is 5.10 Å². The first-order valence-electron chi connectivity index (χ1n) is 8.30. The molecule has 1 N–H and O–H groups in total. The molecule has 1 atom stereocenters. The summed E-state index contributed by atoms with van der Waals surface area (Å²) < 4.78 is 7.75. The van der Waals surface area contributed by atoms with Crippen molar-refractivity contribution in [3.63, 3.8) is 0 Å². The van der Waals surface area contributed by atoms with Gasteiger partial charge in [-0.1, -0.05) is 19.1 Å². The molecule has 1 aliphatic heterocycles. The maximum absolute atomic E-state index is 12.6. The number of anilines is 2. The van der Waals surface area contributed by atoms with E-state index in [1.165, 1.54) is 0 Å². The number of hydrogen-bond acceptors (Lipinski definition) is 4. The molecule has 1 unspecified atom stereocenters. The molecule has 0 saturated carbocycles. The van der Waals surface area contributed by atoms with Gasteiger partial charge in [-0.3, -0.25) is 9.48 Å². The number of rotatable bonds is 4. The smallest absolute Gasteiger partial charge is 0.243 e. The second-order valence-corrected chi connectivity index (χ2v) is 6.21. The van der Waals surface area contributed by atoms with Crippen LogP contribution >= 0.6 is 0 Å². The molecule has 1 aromatic carbocycles. The van der Waals surface area contributed by atoms with E-state index >= 15 is 0 Å². The molecule has 0 spiro atoms. The second-order valence-electron chi connectivity index (χ2n) is 6.21. The van der Waals surface area contributed by atoms with Crippen LogP contribution in [0.2, 0.25) is 0 Å². The average Bonchev–Trinajstić information content (AvgIpc) is 2.81. The number of nitrogens with one attached hydrogen (secondary N) is 1. The Labute approximate surface area is 142 Å². The normalized spacial score (nSPS) is 16.5. The van der Waals surface area contributed by atoms with E-state index in [-0.39, 0.29) is 12.0 Å². The SMILES string of the molecule is CCC1CN(CC(=O)Nc2c(C)nn(C)c2C)c2ccccc2O1. The number of aryl methyl sites for hydroxylation is 2. The van der Waals surface area contributed by atoms with Gasteiger partial charge < -0.3 is 15.0 Å². The van der Waals surface area contributed by atoms with Crippen molar-refractivity contribution < 1.29 is 9.53 Å². The van der Waals surface area contributed by atoms with Gasteiger partial charge >= 0.3 is 0 Å². The highest BCUT2D eigenvalue weighted by Crippen LogP contribution is 2.33. The summed E-state index contributed by atoms with van der Waals surface area (Å²) in [7, 11) is 1.88. The van der Waals surface area contributed by atoms with E-state index in [0.717, 1.165) is 34.9 Å². The van der Waals surface area contributed by atoms with Crippen molar-refractivity contribution in [2.45, 2.75) is 33.3 Å². The highest BCUT2D eigenvalue weighted by atomic mass is 16.5. The molecule has 6 nitrogen and oxygen atoms in total. The third-order valence-corrected chi connectivity index (χ3v) is 4.49. The minimum atomic E-state index is -0.0410. The molecule has 2 aromatic rings. The van der Waals surface area contributed by atoms with Gasteiger partial charge in [0.25, 0.3) is 0 Å². The van der Waals surface area contributed by atoms with Crippen LogP contribution in [0.5, 0.6) is 5.75 Å². The van der Waals surface area contributed by atoms with E-state index in [1.807, 2.05) is 45.2 Å². The number of carbonyl (C=O) groups is 1. The zero-order chi connectivity index (χ0) is 17.3. The molecular weight excluding hydrogens is 304 g/mol. The topological polar surface area (TPSA) is 59.4 Å². The summed E-state index contributed by atoms with van der Waals surface area (Å²) in [6.07, 6.45) is 1.02. The van der Waals surface area contributed by atoms with E-state index < -0.39 is 0 Å². The van der Waals surface area contributed by atoms with Crippen LogP contribution in [0.15, 0.2) is 24.3 Å². The molecule has 2 heterocycles. The predicted molar refractivity (Wildman–Crippen MR) is 94.7 cm³/mol. The summed E-state index contributed by atoms with van der Waals surface area (Å²) in [6.45, 7) is 6.96. The molecule has 0 bridgehead atoms. The maximum Gasteiger partial charge on any atom is 0.243 e. The van der Waals surface area contributed by atoms with Gasteiger partial charge in [0.2, 0.25) is 5.91 Å². The fourth-order valence-electron chi connectivity index (χ4n) is 3.05. The van der Waals surface area contributed by atoms with Crippen molar-refractivity contribution in [1.82, 2.24) is 9.78 Å². The molecule has 3 rings (SSSR count). The van der Waals surface area contributed by atoms with Crippen LogP contribution in [0.1, 0.15) is 24.7 Å².